The first-order valence-electron chi connectivity index (χ1n) is 14.0. The van der Waals surface area contributed by atoms with Crippen molar-refractivity contribution in [3.63, 3.8) is 0 Å². The van der Waals surface area contributed by atoms with E-state index in [0.717, 1.165) is 27.3 Å². The summed E-state index contributed by atoms with van der Waals surface area (Å²) in [5, 5.41) is 2.99. The van der Waals surface area contributed by atoms with Gasteiger partial charge in [0.25, 0.3) is 0 Å². The predicted molar refractivity (Wildman–Crippen MR) is 166 cm³/mol. The largest absolute Gasteiger partial charge is 0.354 e. The van der Waals surface area contributed by atoms with Gasteiger partial charge in [-0.25, -0.2) is 8.42 Å². The standard InChI is InChI=1S/C33H43N3O4S/c1-25(2)22-34-32(38)30(21-26-13-9-7-10-14-26)35(23-27-15-11-8-12-16-27)31(37)24-36(41(6,39)40)29-19-17-28(18-20-29)33(3,4)5/h7-20,25,30H,21-24H2,1-6H3,(H,34,38). The van der Waals surface area contributed by atoms with Crippen LogP contribution in [0.25, 0.3) is 0 Å². The number of carbonyl (C=O) groups is 2. The number of amides is 2. The zero-order valence-electron chi connectivity index (χ0n) is 25.0. The normalized spacial score (nSPS) is 12.6. The quantitative estimate of drug-likeness (QED) is 0.322. The van der Waals surface area contributed by atoms with Crippen LogP contribution in [0.1, 0.15) is 51.3 Å². The average Bonchev–Trinajstić information content (AvgIpc) is 2.92. The van der Waals surface area contributed by atoms with Crippen LogP contribution in [0.5, 0.6) is 0 Å². The molecule has 0 bridgehead atoms. The lowest BCUT2D eigenvalue weighted by Gasteiger charge is -2.33. The Labute approximate surface area is 245 Å². The second kappa shape index (κ2) is 13.8. The van der Waals surface area contributed by atoms with Gasteiger partial charge in [-0.15, -0.1) is 0 Å². The molecule has 0 aliphatic carbocycles. The molecular weight excluding hydrogens is 534 g/mol. The highest BCUT2D eigenvalue weighted by Gasteiger charge is 2.33. The third-order valence-corrected chi connectivity index (χ3v) is 7.99. The minimum Gasteiger partial charge on any atom is -0.354 e. The van der Waals surface area contributed by atoms with Gasteiger partial charge in [0.05, 0.1) is 11.9 Å². The Hall–Kier alpha value is -3.65. The maximum Gasteiger partial charge on any atom is 0.244 e. The van der Waals surface area contributed by atoms with E-state index in [9.17, 15) is 18.0 Å². The smallest absolute Gasteiger partial charge is 0.244 e. The minimum absolute atomic E-state index is 0.106. The molecule has 3 rings (SSSR count). The summed E-state index contributed by atoms with van der Waals surface area (Å²) in [7, 11) is -3.81. The monoisotopic (exact) mass is 577 g/mol. The average molecular weight is 578 g/mol. The van der Waals surface area contributed by atoms with Crippen molar-refractivity contribution in [1.82, 2.24) is 10.2 Å². The second-order valence-corrected chi connectivity index (χ2v) is 13.8. The summed E-state index contributed by atoms with van der Waals surface area (Å²) in [5.41, 5.74) is 3.09. The summed E-state index contributed by atoms with van der Waals surface area (Å²) in [4.78, 5) is 29.3. The molecule has 0 heterocycles. The zero-order valence-corrected chi connectivity index (χ0v) is 25.8. The summed E-state index contributed by atoms with van der Waals surface area (Å²) in [5.74, 6) is -0.501. The number of hydrogen-bond donors (Lipinski definition) is 1. The van der Waals surface area contributed by atoms with Crippen molar-refractivity contribution in [3.05, 3.63) is 102 Å². The molecule has 7 nitrogen and oxygen atoms in total. The number of benzene rings is 3. The van der Waals surface area contributed by atoms with E-state index in [1.54, 1.807) is 12.1 Å². The maximum absolute atomic E-state index is 14.1. The Bertz CT molecular complexity index is 1380. The molecule has 3 aromatic rings. The molecule has 1 unspecified atom stereocenters. The van der Waals surface area contributed by atoms with E-state index in [4.69, 9.17) is 0 Å². The molecule has 2 amide bonds. The van der Waals surface area contributed by atoms with Crippen molar-refractivity contribution < 1.29 is 18.0 Å². The van der Waals surface area contributed by atoms with Crippen molar-refractivity contribution in [1.29, 1.82) is 0 Å². The van der Waals surface area contributed by atoms with Crippen LogP contribution in [-0.4, -0.2) is 50.5 Å². The summed E-state index contributed by atoms with van der Waals surface area (Å²) < 4.78 is 27.1. The highest BCUT2D eigenvalue weighted by atomic mass is 32.2. The Morgan fingerprint density at radius 3 is 1.85 bits per heavy atom. The molecule has 0 aliphatic heterocycles. The summed E-state index contributed by atoms with van der Waals surface area (Å²) >= 11 is 0. The lowest BCUT2D eigenvalue weighted by Crippen LogP contribution is -2.53. The first-order chi connectivity index (χ1) is 19.3. The molecule has 3 aromatic carbocycles. The molecule has 0 radical (unpaired) electrons. The number of sulfonamides is 1. The molecule has 0 saturated heterocycles. The van der Waals surface area contributed by atoms with Gasteiger partial charge in [0, 0.05) is 19.5 Å². The molecule has 8 heteroatoms. The Morgan fingerprint density at radius 2 is 1.37 bits per heavy atom. The molecule has 0 spiro atoms. The van der Waals surface area contributed by atoms with Crippen molar-refractivity contribution in [2.45, 2.75) is 59.0 Å². The van der Waals surface area contributed by atoms with Crippen LogP contribution in [0.2, 0.25) is 0 Å². The van der Waals surface area contributed by atoms with E-state index in [1.807, 2.05) is 86.6 Å². The van der Waals surface area contributed by atoms with Crippen LogP contribution in [0, 0.1) is 5.92 Å². The first-order valence-corrected chi connectivity index (χ1v) is 15.8. The number of nitrogens with one attached hydrogen (secondary N) is 1. The van der Waals surface area contributed by atoms with Crippen LogP contribution >= 0.6 is 0 Å². The summed E-state index contributed by atoms with van der Waals surface area (Å²) in [6, 6.07) is 25.4. The van der Waals surface area contributed by atoms with Gasteiger partial charge >= 0.3 is 0 Å². The number of rotatable bonds is 12. The Kier molecular flexibility index (Phi) is 10.7. The Balaban J connectivity index is 2.02. The molecule has 0 aliphatic rings. The van der Waals surface area contributed by atoms with Gasteiger partial charge in [0.2, 0.25) is 21.8 Å². The van der Waals surface area contributed by atoms with E-state index in [-0.39, 0.29) is 23.8 Å². The molecular formula is C33H43N3O4S. The van der Waals surface area contributed by atoms with E-state index in [1.165, 1.54) is 4.90 Å². The van der Waals surface area contributed by atoms with Crippen molar-refractivity contribution in [2.24, 2.45) is 5.92 Å². The summed E-state index contributed by atoms with van der Waals surface area (Å²) in [6.07, 6.45) is 1.39. The fourth-order valence-electron chi connectivity index (χ4n) is 4.50. The molecule has 0 saturated carbocycles. The number of carbonyl (C=O) groups excluding carboxylic acids is 2. The van der Waals surface area contributed by atoms with E-state index in [0.29, 0.717) is 18.7 Å². The van der Waals surface area contributed by atoms with Crippen molar-refractivity contribution in [2.75, 3.05) is 23.7 Å². The molecule has 41 heavy (non-hydrogen) atoms. The lowest BCUT2D eigenvalue weighted by molar-refractivity contribution is -0.140. The molecule has 1 atom stereocenters. The van der Waals surface area contributed by atoms with E-state index in [2.05, 4.69) is 26.1 Å². The highest BCUT2D eigenvalue weighted by molar-refractivity contribution is 7.92. The van der Waals surface area contributed by atoms with Gasteiger partial charge in [-0.2, -0.15) is 0 Å². The van der Waals surface area contributed by atoms with Crippen LogP contribution in [0.4, 0.5) is 5.69 Å². The van der Waals surface area contributed by atoms with Gasteiger partial charge in [0.15, 0.2) is 0 Å². The summed E-state index contributed by atoms with van der Waals surface area (Å²) in [6.45, 7) is 10.5. The fraction of sp³-hybridized carbons (Fsp3) is 0.394. The number of anilines is 1. The third kappa shape index (κ3) is 9.46. The molecule has 0 fully saturated rings. The van der Waals surface area contributed by atoms with E-state index < -0.39 is 28.5 Å². The lowest BCUT2D eigenvalue weighted by atomic mass is 9.87. The number of nitrogens with zero attached hydrogens (tertiary/aromatic N) is 2. The van der Waals surface area contributed by atoms with Gasteiger partial charge < -0.3 is 10.2 Å². The maximum atomic E-state index is 14.1. The van der Waals surface area contributed by atoms with E-state index >= 15 is 0 Å². The van der Waals surface area contributed by atoms with Crippen LogP contribution in [-0.2, 0) is 38.0 Å². The van der Waals surface area contributed by atoms with Gasteiger partial charge in [-0.3, -0.25) is 13.9 Å². The Morgan fingerprint density at radius 1 is 0.829 bits per heavy atom. The minimum atomic E-state index is -3.81. The van der Waals surface area contributed by atoms with Crippen molar-refractivity contribution in [3.8, 4) is 0 Å². The molecule has 0 aromatic heterocycles. The van der Waals surface area contributed by atoms with Crippen LogP contribution in [0.3, 0.4) is 0 Å². The SMILES string of the molecule is CC(C)CNC(=O)C(Cc1ccccc1)N(Cc1ccccc1)C(=O)CN(c1ccc(C(C)(C)C)cc1)S(C)(=O)=O. The van der Waals surface area contributed by atoms with Crippen molar-refractivity contribution >= 4 is 27.5 Å². The fourth-order valence-corrected chi connectivity index (χ4v) is 5.35. The third-order valence-electron chi connectivity index (χ3n) is 6.85. The predicted octanol–water partition coefficient (Wildman–Crippen LogP) is 5.16. The molecule has 220 valence electrons. The van der Waals surface area contributed by atoms with Crippen LogP contribution < -0.4 is 9.62 Å². The zero-order chi connectivity index (χ0) is 30.2. The van der Waals surface area contributed by atoms with Gasteiger partial charge in [0.1, 0.15) is 12.6 Å². The second-order valence-electron chi connectivity index (χ2n) is 11.9. The topological polar surface area (TPSA) is 86.8 Å². The van der Waals surface area contributed by atoms with Crippen LogP contribution in [0.15, 0.2) is 84.9 Å². The van der Waals surface area contributed by atoms with Gasteiger partial charge in [-0.05, 0) is 40.2 Å². The van der Waals surface area contributed by atoms with Gasteiger partial charge in [-0.1, -0.05) is 107 Å². The molecule has 1 N–H and O–H groups in total. The first kappa shape index (κ1) is 31.9. The highest BCUT2D eigenvalue weighted by Crippen LogP contribution is 2.26. The number of hydrogen-bond acceptors (Lipinski definition) is 4.